The van der Waals surface area contributed by atoms with Crippen LogP contribution in [0.1, 0.15) is 35.0 Å². The first kappa shape index (κ1) is 19.1. The fourth-order valence-electron chi connectivity index (χ4n) is 3.32. The summed E-state index contributed by atoms with van der Waals surface area (Å²) in [6, 6.07) is 9.34. The van der Waals surface area contributed by atoms with E-state index in [4.69, 9.17) is 14.0 Å². The molecule has 1 aliphatic rings. The van der Waals surface area contributed by atoms with Crippen molar-refractivity contribution < 1.29 is 18.8 Å². The SMILES string of the molecule is COc1ccc(-c2cc(C(=O)N3CCC(OCc4nc(C)no4)CC3)[nH]n2)cc1. The van der Waals surface area contributed by atoms with Crippen LogP contribution in [-0.2, 0) is 11.3 Å². The van der Waals surface area contributed by atoms with Crippen molar-refractivity contribution in [2.45, 2.75) is 32.5 Å². The van der Waals surface area contributed by atoms with E-state index >= 15 is 0 Å². The van der Waals surface area contributed by atoms with Gasteiger partial charge in [-0.2, -0.15) is 10.1 Å². The van der Waals surface area contributed by atoms with Gasteiger partial charge in [0.05, 0.1) is 18.9 Å². The zero-order valence-corrected chi connectivity index (χ0v) is 16.4. The fraction of sp³-hybridized carbons (Fsp3) is 0.400. The summed E-state index contributed by atoms with van der Waals surface area (Å²) in [7, 11) is 1.63. The largest absolute Gasteiger partial charge is 0.497 e. The van der Waals surface area contributed by atoms with Gasteiger partial charge in [0.1, 0.15) is 18.1 Å². The first-order valence-corrected chi connectivity index (χ1v) is 9.52. The third-order valence-electron chi connectivity index (χ3n) is 4.94. The number of carbonyl (C=O) groups excluding carboxylic acids is 1. The molecule has 1 aliphatic heterocycles. The highest BCUT2D eigenvalue weighted by Gasteiger charge is 2.25. The van der Waals surface area contributed by atoms with E-state index in [-0.39, 0.29) is 12.0 Å². The van der Waals surface area contributed by atoms with E-state index in [0.29, 0.717) is 37.1 Å². The van der Waals surface area contributed by atoms with Crippen LogP contribution in [0.15, 0.2) is 34.9 Å². The van der Waals surface area contributed by atoms with Crippen LogP contribution in [0.3, 0.4) is 0 Å². The van der Waals surface area contributed by atoms with Gasteiger partial charge >= 0.3 is 0 Å². The number of amides is 1. The minimum Gasteiger partial charge on any atom is -0.497 e. The number of rotatable bonds is 6. The molecule has 152 valence electrons. The molecule has 29 heavy (non-hydrogen) atoms. The number of aromatic amines is 1. The molecule has 0 spiro atoms. The summed E-state index contributed by atoms with van der Waals surface area (Å²) in [6.45, 7) is 3.32. The molecule has 0 radical (unpaired) electrons. The summed E-state index contributed by atoms with van der Waals surface area (Å²) < 4.78 is 16.1. The Morgan fingerprint density at radius 2 is 2.03 bits per heavy atom. The average Bonchev–Trinajstić information content (AvgIpc) is 3.41. The molecule has 1 amide bonds. The van der Waals surface area contributed by atoms with Crippen molar-refractivity contribution in [3.05, 3.63) is 47.7 Å². The number of nitrogens with zero attached hydrogens (tertiary/aromatic N) is 4. The topological polar surface area (TPSA) is 106 Å². The molecule has 4 rings (SSSR count). The number of aryl methyl sites for hydroxylation is 1. The maximum atomic E-state index is 12.8. The Morgan fingerprint density at radius 1 is 1.28 bits per heavy atom. The van der Waals surface area contributed by atoms with E-state index < -0.39 is 0 Å². The van der Waals surface area contributed by atoms with Crippen LogP contribution in [0.2, 0.25) is 0 Å². The van der Waals surface area contributed by atoms with Gasteiger partial charge in [0.25, 0.3) is 11.8 Å². The number of ether oxygens (including phenoxy) is 2. The van der Waals surface area contributed by atoms with Crippen molar-refractivity contribution in [3.8, 4) is 17.0 Å². The number of nitrogens with one attached hydrogen (secondary N) is 1. The number of methoxy groups -OCH3 is 1. The van der Waals surface area contributed by atoms with Gasteiger partial charge in [-0.05, 0) is 50.1 Å². The maximum Gasteiger partial charge on any atom is 0.271 e. The number of H-pyrrole nitrogens is 1. The quantitative estimate of drug-likeness (QED) is 0.681. The molecule has 0 saturated carbocycles. The standard InChI is InChI=1S/C20H23N5O4/c1-13-21-19(29-24-13)12-28-16-7-9-25(10-8-16)20(26)18-11-17(22-23-18)14-3-5-15(27-2)6-4-14/h3-6,11,16H,7-10,12H2,1-2H3,(H,22,23). The van der Waals surface area contributed by atoms with Crippen molar-refractivity contribution in [2.75, 3.05) is 20.2 Å². The average molecular weight is 397 g/mol. The van der Waals surface area contributed by atoms with Gasteiger partial charge in [-0.15, -0.1) is 0 Å². The van der Waals surface area contributed by atoms with E-state index in [9.17, 15) is 4.79 Å². The third-order valence-corrected chi connectivity index (χ3v) is 4.94. The minimum atomic E-state index is -0.0526. The lowest BCUT2D eigenvalue weighted by atomic mass is 10.1. The normalized spacial score (nSPS) is 14.9. The monoisotopic (exact) mass is 397 g/mol. The molecule has 0 unspecified atom stereocenters. The highest BCUT2D eigenvalue weighted by atomic mass is 16.5. The van der Waals surface area contributed by atoms with E-state index in [0.717, 1.165) is 29.8 Å². The number of likely N-dealkylation sites (tertiary alicyclic amines) is 1. The maximum absolute atomic E-state index is 12.8. The van der Waals surface area contributed by atoms with E-state index in [2.05, 4.69) is 20.3 Å². The number of hydrogen-bond donors (Lipinski definition) is 1. The Bertz CT molecular complexity index is 957. The predicted octanol–water partition coefficient (Wildman–Crippen LogP) is 2.60. The fourth-order valence-corrected chi connectivity index (χ4v) is 3.32. The molecule has 2 aromatic heterocycles. The van der Waals surface area contributed by atoms with Gasteiger partial charge in [0.15, 0.2) is 5.82 Å². The zero-order chi connectivity index (χ0) is 20.2. The molecule has 1 aromatic carbocycles. The van der Waals surface area contributed by atoms with E-state index in [1.54, 1.807) is 20.1 Å². The molecule has 1 N–H and O–H groups in total. The smallest absolute Gasteiger partial charge is 0.271 e. The van der Waals surface area contributed by atoms with Crippen molar-refractivity contribution in [1.29, 1.82) is 0 Å². The van der Waals surface area contributed by atoms with Gasteiger partial charge in [0, 0.05) is 18.7 Å². The molecular weight excluding hydrogens is 374 g/mol. The Hall–Kier alpha value is -3.20. The Morgan fingerprint density at radius 3 is 2.69 bits per heavy atom. The van der Waals surface area contributed by atoms with Gasteiger partial charge < -0.3 is 18.9 Å². The van der Waals surface area contributed by atoms with E-state index in [1.165, 1.54) is 0 Å². The van der Waals surface area contributed by atoms with Crippen LogP contribution in [0, 0.1) is 6.92 Å². The lowest BCUT2D eigenvalue weighted by Gasteiger charge is -2.31. The number of benzene rings is 1. The number of aromatic nitrogens is 4. The van der Waals surface area contributed by atoms with Crippen LogP contribution in [0.25, 0.3) is 11.3 Å². The molecule has 0 bridgehead atoms. The third kappa shape index (κ3) is 4.45. The number of carbonyl (C=O) groups is 1. The molecular formula is C20H23N5O4. The molecule has 9 nitrogen and oxygen atoms in total. The summed E-state index contributed by atoms with van der Waals surface area (Å²) >= 11 is 0. The van der Waals surface area contributed by atoms with E-state index in [1.807, 2.05) is 29.2 Å². The second kappa shape index (κ2) is 8.44. The zero-order valence-electron chi connectivity index (χ0n) is 16.4. The summed E-state index contributed by atoms with van der Waals surface area (Å²) in [5.74, 6) is 1.80. The molecule has 9 heteroatoms. The molecule has 0 atom stereocenters. The van der Waals surface area contributed by atoms with Crippen LogP contribution >= 0.6 is 0 Å². The Kier molecular flexibility index (Phi) is 5.57. The summed E-state index contributed by atoms with van der Waals surface area (Å²) in [5.41, 5.74) is 2.13. The molecule has 1 fully saturated rings. The van der Waals surface area contributed by atoms with Crippen molar-refractivity contribution >= 4 is 5.91 Å². The second-order valence-electron chi connectivity index (χ2n) is 6.93. The molecule has 1 saturated heterocycles. The predicted molar refractivity (Wildman–Crippen MR) is 103 cm³/mol. The van der Waals surface area contributed by atoms with Gasteiger partial charge in [-0.25, -0.2) is 0 Å². The van der Waals surface area contributed by atoms with Crippen molar-refractivity contribution in [1.82, 2.24) is 25.2 Å². The highest BCUT2D eigenvalue weighted by molar-refractivity contribution is 5.93. The van der Waals surface area contributed by atoms with Crippen LogP contribution in [0.5, 0.6) is 5.75 Å². The van der Waals surface area contributed by atoms with Crippen LogP contribution in [0.4, 0.5) is 0 Å². The summed E-state index contributed by atoms with van der Waals surface area (Å²) in [5, 5.41) is 10.9. The van der Waals surface area contributed by atoms with Crippen LogP contribution < -0.4 is 4.74 Å². The highest BCUT2D eigenvalue weighted by Crippen LogP contribution is 2.22. The summed E-state index contributed by atoms with van der Waals surface area (Å²) in [6.07, 6.45) is 1.60. The van der Waals surface area contributed by atoms with Crippen molar-refractivity contribution in [3.63, 3.8) is 0 Å². The lowest BCUT2D eigenvalue weighted by molar-refractivity contribution is -0.00988. The van der Waals surface area contributed by atoms with Crippen molar-refractivity contribution in [2.24, 2.45) is 0 Å². The van der Waals surface area contributed by atoms with Crippen LogP contribution in [-0.4, -0.2) is 57.4 Å². The molecule has 0 aliphatic carbocycles. The number of piperidine rings is 1. The molecule has 3 aromatic rings. The second-order valence-corrected chi connectivity index (χ2v) is 6.93. The first-order chi connectivity index (χ1) is 14.1. The minimum absolute atomic E-state index is 0.0526. The Labute approximate surface area is 168 Å². The Balaban J connectivity index is 1.30. The first-order valence-electron chi connectivity index (χ1n) is 9.52. The number of hydrogen-bond acceptors (Lipinski definition) is 7. The van der Waals surface area contributed by atoms with Gasteiger partial charge in [-0.3, -0.25) is 9.89 Å². The molecule has 3 heterocycles. The van der Waals surface area contributed by atoms with Gasteiger partial charge in [0.2, 0.25) is 0 Å². The lowest BCUT2D eigenvalue weighted by Crippen LogP contribution is -2.41. The van der Waals surface area contributed by atoms with Gasteiger partial charge in [-0.1, -0.05) is 5.16 Å². The summed E-state index contributed by atoms with van der Waals surface area (Å²) in [4.78, 5) is 18.7.